The van der Waals surface area contributed by atoms with Crippen LogP contribution >= 0.6 is 11.3 Å². The molecule has 0 saturated heterocycles. The van der Waals surface area contributed by atoms with E-state index in [9.17, 15) is 5.11 Å². The summed E-state index contributed by atoms with van der Waals surface area (Å²) in [5.41, 5.74) is 0. The van der Waals surface area contributed by atoms with Crippen molar-refractivity contribution < 1.29 is 9.84 Å². The fraction of sp³-hybridized carbons (Fsp3) is 0.667. The highest BCUT2D eigenvalue weighted by molar-refractivity contribution is 7.11. The Hall–Kier alpha value is -0.650. The molecule has 80 valence electrons. The Labute approximate surface area is 87.9 Å². The minimum absolute atomic E-state index is 0.285. The van der Waals surface area contributed by atoms with E-state index in [1.165, 1.54) is 11.3 Å². The van der Waals surface area contributed by atoms with Crippen molar-refractivity contribution in [3.8, 4) is 5.19 Å². The van der Waals surface area contributed by atoms with Crippen LogP contribution < -0.4 is 10.1 Å². The van der Waals surface area contributed by atoms with Crippen molar-refractivity contribution in [2.45, 2.75) is 26.0 Å². The lowest BCUT2D eigenvalue weighted by Crippen LogP contribution is -2.35. The molecule has 14 heavy (non-hydrogen) atoms. The zero-order chi connectivity index (χ0) is 10.4. The lowest BCUT2D eigenvalue weighted by Gasteiger charge is -2.13. The van der Waals surface area contributed by atoms with Crippen molar-refractivity contribution in [2.24, 2.45) is 0 Å². The van der Waals surface area contributed by atoms with Crippen molar-refractivity contribution in [1.29, 1.82) is 0 Å². The minimum Gasteiger partial charge on any atom is -0.467 e. The molecule has 0 aromatic carbocycles. The van der Waals surface area contributed by atoms with Crippen LogP contribution in [0, 0.1) is 0 Å². The first-order valence-electron chi connectivity index (χ1n) is 4.62. The van der Waals surface area contributed by atoms with E-state index in [-0.39, 0.29) is 6.61 Å². The smallest absolute Gasteiger partial charge is 0.273 e. The van der Waals surface area contributed by atoms with Gasteiger partial charge in [-0.3, -0.25) is 0 Å². The van der Waals surface area contributed by atoms with Gasteiger partial charge in [-0.1, -0.05) is 25.2 Å². The Morgan fingerprint density at radius 1 is 1.64 bits per heavy atom. The summed E-state index contributed by atoms with van der Waals surface area (Å²) in [7, 11) is 0. The number of ether oxygens (including phenoxy) is 1. The summed E-state index contributed by atoms with van der Waals surface area (Å²) in [6.45, 7) is 4.90. The van der Waals surface area contributed by atoms with Crippen LogP contribution in [0.25, 0.3) is 0 Å². The molecule has 0 saturated carbocycles. The Kier molecular flexibility index (Phi) is 4.86. The van der Waals surface area contributed by atoms with Crippen LogP contribution in [0.3, 0.4) is 0 Å². The van der Waals surface area contributed by atoms with Crippen LogP contribution in [0.1, 0.15) is 13.8 Å². The molecule has 2 N–H and O–H groups in total. The van der Waals surface area contributed by atoms with Gasteiger partial charge in [0.2, 0.25) is 0 Å². The number of aliphatic hydroxyl groups excluding tert-OH is 1. The molecule has 0 aliphatic heterocycles. The van der Waals surface area contributed by atoms with E-state index in [0.717, 1.165) is 0 Å². The quantitative estimate of drug-likeness (QED) is 0.741. The fourth-order valence-corrected chi connectivity index (χ4v) is 1.38. The molecule has 0 aliphatic rings. The van der Waals surface area contributed by atoms with E-state index in [2.05, 4.69) is 10.3 Å². The molecule has 0 fully saturated rings. The van der Waals surface area contributed by atoms with Gasteiger partial charge in [0.05, 0.1) is 0 Å². The minimum atomic E-state index is -0.485. The summed E-state index contributed by atoms with van der Waals surface area (Å²) in [6, 6.07) is 0.379. The molecule has 0 aliphatic carbocycles. The first-order valence-corrected chi connectivity index (χ1v) is 5.50. The van der Waals surface area contributed by atoms with Crippen molar-refractivity contribution in [3.05, 3.63) is 11.6 Å². The standard InChI is InChI=1S/C9H16N2O2S/c1-7(2)11-5-8(12)6-13-9-10-3-4-14-9/h3-4,7-8,11-12H,5-6H2,1-2H3. The van der Waals surface area contributed by atoms with Gasteiger partial charge in [-0.25, -0.2) is 4.98 Å². The summed E-state index contributed by atoms with van der Waals surface area (Å²) < 4.78 is 5.26. The second-order valence-electron chi connectivity index (χ2n) is 3.33. The SMILES string of the molecule is CC(C)NCC(O)COc1nccs1. The number of aliphatic hydroxyl groups is 1. The van der Waals surface area contributed by atoms with Gasteiger partial charge in [-0.15, -0.1) is 0 Å². The summed E-state index contributed by atoms with van der Waals surface area (Å²) in [6.07, 6.45) is 1.19. The van der Waals surface area contributed by atoms with Crippen LogP contribution in [0.5, 0.6) is 5.19 Å². The van der Waals surface area contributed by atoms with Gasteiger partial charge in [-0.05, 0) is 0 Å². The van der Waals surface area contributed by atoms with Crippen LogP contribution in [-0.4, -0.2) is 35.4 Å². The lowest BCUT2D eigenvalue weighted by molar-refractivity contribution is 0.104. The average Bonchev–Trinajstić information content (AvgIpc) is 2.63. The number of hydrogen-bond donors (Lipinski definition) is 2. The molecular formula is C9H16N2O2S. The van der Waals surface area contributed by atoms with Gasteiger partial charge in [0.15, 0.2) is 0 Å². The maximum atomic E-state index is 9.49. The van der Waals surface area contributed by atoms with Crippen LogP contribution in [0.2, 0.25) is 0 Å². The van der Waals surface area contributed by atoms with Gasteiger partial charge in [0.1, 0.15) is 12.7 Å². The number of aromatic nitrogens is 1. The Balaban J connectivity index is 2.12. The molecule has 5 heteroatoms. The molecule has 1 aromatic heterocycles. The van der Waals surface area contributed by atoms with Crippen molar-refractivity contribution in [1.82, 2.24) is 10.3 Å². The summed E-state index contributed by atoms with van der Waals surface area (Å²) >= 11 is 1.42. The highest BCUT2D eigenvalue weighted by atomic mass is 32.1. The molecule has 1 rings (SSSR count). The molecule has 4 nitrogen and oxygen atoms in total. The molecule has 0 amide bonds. The normalized spacial score (nSPS) is 13.1. The number of hydrogen-bond acceptors (Lipinski definition) is 5. The van der Waals surface area contributed by atoms with Crippen LogP contribution in [-0.2, 0) is 0 Å². The predicted octanol–water partition coefficient (Wildman–Crippen LogP) is 0.881. The lowest BCUT2D eigenvalue weighted by atomic mass is 10.3. The monoisotopic (exact) mass is 216 g/mol. The summed E-state index contributed by atoms with van der Waals surface area (Å²) in [5.74, 6) is 0. The first-order chi connectivity index (χ1) is 6.68. The zero-order valence-electron chi connectivity index (χ0n) is 8.43. The van der Waals surface area contributed by atoms with E-state index in [1.807, 2.05) is 19.2 Å². The molecule has 1 atom stereocenters. The fourth-order valence-electron chi connectivity index (χ4n) is 0.880. The van der Waals surface area contributed by atoms with Crippen molar-refractivity contribution >= 4 is 11.3 Å². The number of nitrogens with one attached hydrogen (secondary N) is 1. The van der Waals surface area contributed by atoms with E-state index < -0.39 is 6.10 Å². The van der Waals surface area contributed by atoms with Crippen molar-refractivity contribution in [3.63, 3.8) is 0 Å². The van der Waals surface area contributed by atoms with E-state index in [1.54, 1.807) is 6.20 Å². The number of thiazole rings is 1. The zero-order valence-corrected chi connectivity index (χ0v) is 9.25. The Bertz CT molecular complexity index is 239. The molecule has 0 spiro atoms. The number of nitrogens with zero attached hydrogens (tertiary/aromatic N) is 1. The molecular weight excluding hydrogens is 200 g/mol. The topological polar surface area (TPSA) is 54.4 Å². The van der Waals surface area contributed by atoms with Crippen LogP contribution in [0.4, 0.5) is 0 Å². The predicted molar refractivity (Wildman–Crippen MR) is 56.8 cm³/mol. The highest BCUT2D eigenvalue weighted by Gasteiger charge is 2.06. The third kappa shape index (κ3) is 4.55. The summed E-state index contributed by atoms with van der Waals surface area (Å²) in [4.78, 5) is 3.95. The molecule has 0 radical (unpaired) electrons. The van der Waals surface area contributed by atoms with Crippen LogP contribution in [0.15, 0.2) is 11.6 Å². The van der Waals surface area contributed by atoms with E-state index in [4.69, 9.17) is 4.74 Å². The Morgan fingerprint density at radius 2 is 2.43 bits per heavy atom. The van der Waals surface area contributed by atoms with Gasteiger partial charge in [0, 0.05) is 24.2 Å². The van der Waals surface area contributed by atoms with Gasteiger partial charge >= 0.3 is 0 Å². The highest BCUT2D eigenvalue weighted by Crippen LogP contribution is 2.13. The Morgan fingerprint density at radius 3 is 3.00 bits per heavy atom. The third-order valence-electron chi connectivity index (χ3n) is 1.57. The molecule has 1 unspecified atom stereocenters. The largest absolute Gasteiger partial charge is 0.467 e. The molecule has 0 bridgehead atoms. The first kappa shape index (κ1) is 11.4. The van der Waals surface area contributed by atoms with E-state index >= 15 is 0 Å². The van der Waals surface area contributed by atoms with Gasteiger partial charge < -0.3 is 15.2 Å². The maximum Gasteiger partial charge on any atom is 0.273 e. The average molecular weight is 216 g/mol. The maximum absolute atomic E-state index is 9.49. The second-order valence-corrected chi connectivity index (χ2v) is 4.18. The van der Waals surface area contributed by atoms with E-state index in [0.29, 0.717) is 17.8 Å². The summed E-state index contributed by atoms with van der Waals surface area (Å²) in [5, 5.41) is 15.1. The number of rotatable bonds is 6. The molecule has 1 aromatic rings. The van der Waals surface area contributed by atoms with Gasteiger partial charge in [0.25, 0.3) is 5.19 Å². The van der Waals surface area contributed by atoms with Gasteiger partial charge in [-0.2, -0.15) is 0 Å². The molecule has 1 heterocycles. The second kappa shape index (κ2) is 5.95. The third-order valence-corrected chi connectivity index (χ3v) is 2.25. The van der Waals surface area contributed by atoms with Crippen molar-refractivity contribution in [2.75, 3.05) is 13.2 Å².